The fourth-order valence-electron chi connectivity index (χ4n) is 1.89. The molecule has 16 heavy (non-hydrogen) atoms. The van der Waals surface area contributed by atoms with E-state index in [1.165, 1.54) is 16.2 Å². The standard InChI is InChI=1S/C13H19NO2/c1-13(2,15)9-16-11-4-5-12-10(8-11)6-7-14(12)3/h4-5,8,14-15H,3,6-7,9H2,1-2H3. The Balaban J connectivity index is 2.08. The molecule has 1 atom stereocenters. The van der Waals surface area contributed by atoms with Crippen molar-refractivity contribution in [2.45, 2.75) is 25.9 Å². The molecule has 0 bridgehead atoms. The zero-order valence-electron chi connectivity index (χ0n) is 9.92. The quantitative estimate of drug-likeness (QED) is 0.737. The largest absolute Gasteiger partial charge is 0.491 e. The summed E-state index contributed by atoms with van der Waals surface area (Å²) in [6.07, 6.45) is 1.05. The van der Waals surface area contributed by atoms with Gasteiger partial charge in [-0.3, -0.25) is 0 Å². The summed E-state index contributed by atoms with van der Waals surface area (Å²) in [7, 11) is 4.03. The zero-order valence-corrected chi connectivity index (χ0v) is 9.92. The van der Waals surface area contributed by atoms with Gasteiger partial charge in [0.15, 0.2) is 0 Å². The molecule has 2 N–H and O–H groups in total. The van der Waals surface area contributed by atoms with Gasteiger partial charge in [0.2, 0.25) is 0 Å². The van der Waals surface area contributed by atoms with Crippen LogP contribution in [0.3, 0.4) is 0 Å². The molecule has 3 heteroatoms. The van der Waals surface area contributed by atoms with Crippen molar-refractivity contribution in [3.63, 3.8) is 0 Å². The second-order valence-corrected chi connectivity index (χ2v) is 5.02. The van der Waals surface area contributed by atoms with E-state index in [0.717, 1.165) is 18.7 Å². The van der Waals surface area contributed by atoms with E-state index in [-0.39, 0.29) is 0 Å². The Kier molecular flexibility index (Phi) is 2.91. The first-order valence-electron chi connectivity index (χ1n) is 5.62. The Bertz CT molecular complexity index is 382. The van der Waals surface area contributed by atoms with Gasteiger partial charge in [-0.05, 0) is 26.0 Å². The number of aliphatic hydroxyl groups is 1. The van der Waals surface area contributed by atoms with Crippen molar-refractivity contribution in [3.8, 4) is 5.75 Å². The molecule has 1 aliphatic rings. The van der Waals surface area contributed by atoms with Crippen molar-refractivity contribution in [1.82, 2.24) is 0 Å². The van der Waals surface area contributed by atoms with Gasteiger partial charge in [0, 0.05) is 18.1 Å². The first-order valence-corrected chi connectivity index (χ1v) is 5.62. The summed E-state index contributed by atoms with van der Waals surface area (Å²) in [4.78, 5) is 1.21. The van der Waals surface area contributed by atoms with Crippen LogP contribution in [0, 0.1) is 7.05 Å². The molecular weight excluding hydrogens is 202 g/mol. The number of hydrogen-bond donors (Lipinski definition) is 2. The highest BCUT2D eigenvalue weighted by molar-refractivity contribution is 5.46. The van der Waals surface area contributed by atoms with Crippen LogP contribution in [0.15, 0.2) is 18.2 Å². The molecule has 1 aliphatic heterocycles. The van der Waals surface area contributed by atoms with E-state index in [4.69, 9.17) is 4.74 Å². The van der Waals surface area contributed by atoms with Crippen molar-refractivity contribution in [2.24, 2.45) is 0 Å². The van der Waals surface area contributed by atoms with Crippen LogP contribution in [-0.2, 0) is 6.42 Å². The number of rotatable bonds is 3. The molecule has 0 spiro atoms. The van der Waals surface area contributed by atoms with Crippen molar-refractivity contribution in [1.29, 1.82) is 0 Å². The molecule has 0 amide bonds. The van der Waals surface area contributed by atoms with Crippen LogP contribution in [0.2, 0.25) is 0 Å². The number of ether oxygens (including phenoxy) is 1. The first kappa shape index (κ1) is 11.4. The maximum atomic E-state index is 9.58. The lowest BCUT2D eigenvalue weighted by atomic mass is 10.1. The molecule has 0 saturated heterocycles. The van der Waals surface area contributed by atoms with Gasteiger partial charge in [-0.1, -0.05) is 0 Å². The molecule has 1 aromatic carbocycles. The second-order valence-electron chi connectivity index (χ2n) is 5.02. The number of nitrogens with one attached hydrogen (secondary N) is 1. The Morgan fingerprint density at radius 2 is 2.25 bits per heavy atom. The van der Waals surface area contributed by atoms with Crippen molar-refractivity contribution in [3.05, 3.63) is 30.8 Å². The number of benzene rings is 1. The lowest BCUT2D eigenvalue weighted by Gasteiger charge is -2.18. The molecular formula is C13H19NO2. The molecule has 3 nitrogen and oxygen atoms in total. The Morgan fingerprint density at radius 3 is 2.94 bits per heavy atom. The van der Waals surface area contributed by atoms with Gasteiger partial charge in [-0.15, -0.1) is 7.05 Å². The molecule has 2 rings (SSSR count). The van der Waals surface area contributed by atoms with E-state index < -0.39 is 5.60 Å². The minimum absolute atomic E-state index is 0.312. The highest BCUT2D eigenvalue weighted by atomic mass is 16.5. The van der Waals surface area contributed by atoms with Gasteiger partial charge in [-0.25, -0.2) is 0 Å². The third kappa shape index (κ3) is 2.54. The van der Waals surface area contributed by atoms with Crippen LogP contribution in [-0.4, -0.2) is 23.9 Å². The van der Waals surface area contributed by atoms with E-state index >= 15 is 0 Å². The van der Waals surface area contributed by atoms with Crippen LogP contribution < -0.4 is 9.64 Å². The molecule has 0 aromatic heterocycles. The zero-order chi connectivity index (χ0) is 11.8. The Labute approximate surface area is 96.6 Å². The van der Waals surface area contributed by atoms with Crippen molar-refractivity contribution < 1.29 is 14.7 Å². The van der Waals surface area contributed by atoms with Crippen LogP contribution in [0.25, 0.3) is 0 Å². The maximum absolute atomic E-state index is 9.58. The minimum Gasteiger partial charge on any atom is -0.491 e. The van der Waals surface area contributed by atoms with Gasteiger partial charge in [-0.2, -0.15) is 0 Å². The molecule has 1 aromatic rings. The van der Waals surface area contributed by atoms with Crippen LogP contribution in [0.5, 0.6) is 5.75 Å². The monoisotopic (exact) mass is 221 g/mol. The van der Waals surface area contributed by atoms with E-state index in [1.54, 1.807) is 13.8 Å². The average molecular weight is 221 g/mol. The summed E-state index contributed by atoms with van der Waals surface area (Å²) < 4.78 is 5.55. The predicted molar refractivity (Wildman–Crippen MR) is 62.8 cm³/mol. The number of quaternary nitrogens is 1. The highest BCUT2D eigenvalue weighted by Gasteiger charge is 2.19. The third-order valence-corrected chi connectivity index (χ3v) is 2.75. The summed E-state index contributed by atoms with van der Waals surface area (Å²) in [5.41, 5.74) is 1.77. The molecule has 0 fully saturated rings. The van der Waals surface area contributed by atoms with Crippen molar-refractivity contribution >= 4 is 5.69 Å². The third-order valence-electron chi connectivity index (χ3n) is 2.75. The van der Waals surface area contributed by atoms with Crippen LogP contribution in [0.4, 0.5) is 5.69 Å². The van der Waals surface area contributed by atoms with Gasteiger partial charge in [0.05, 0.1) is 12.1 Å². The molecule has 0 aliphatic carbocycles. The number of hydrogen-bond acceptors (Lipinski definition) is 2. The van der Waals surface area contributed by atoms with Crippen LogP contribution in [0.1, 0.15) is 19.4 Å². The summed E-state index contributed by atoms with van der Waals surface area (Å²) in [6, 6.07) is 6.06. The lowest BCUT2D eigenvalue weighted by molar-refractivity contribution is -0.775. The van der Waals surface area contributed by atoms with E-state index in [2.05, 4.69) is 19.2 Å². The first-order chi connectivity index (χ1) is 7.46. The van der Waals surface area contributed by atoms with Crippen molar-refractivity contribution in [2.75, 3.05) is 13.2 Å². The summed E-state index contributed by atoms with van der Waals surface area (Å²) in [6.45, 7) is 4.83. The van der Waals surface area contributed by atoms with Gasteiger partial charge >= 0.3 is 0 Å². The highest BCUT2D eigenvalue weighted by Crippen LogP contribution is 2.23. The molecule has 0 saturated carbocycles. The molecule has 1 heterocycles. The van der Waals surface area contributed by atoms with Gasteiger partial charge in [0.1, 0.15) is 18.0 Å². The minimum atomic E-state index is -0.789. The lowest BCUT2D eigenvalue weighted by Crippen LogP contribution is -3.00. The van der Waals surface area contributed by atoms with Gasteiger partial charge < -0.3 is 14.7 Å². The number of fused-ring (bicyclic) bond motifs is 1. The molecule has 88 valence electrons. The second kappa shape index (κ2) is 4.07. The Hall–Kier alpha value is -1.06. The smallest absolute Gasteiger partial charge is 0.120 e. The normalized spacial score (nSPS) is 19.6. The van der Waals surface area contributed by atoms with E-state index in [9.17, 15) is 5.11 Å². The SMILES string of the molecule is [CH2-][NH+]1CCc2cc(OCC(C)(C)O)ccc21. The van der Waals surface area contributed by atoms with E-state index in [1.807, 2.05) is 6.07 Å². The summed E-state index contributed by atoms with van der Waals surface area (Å²) in [5, 5.41) is 9.58. The topological polar surface area (TPSA) is 33.9 Å². The predicted octanol–water partition coefficient (Wildman–Crippen LogP) is 0.700. The summed E-state index contributed by atoms with van der Waals surface area (Å²) in [5.74, 6) is 0.829. The maximum Gasteiger partial charge on any atom is 0.120 e. The fraction of sp³-hybridized carbons (Fsp3) is 0.462. The van der Waals surface area contributed by atoms with Gasteiger partial charge in [0.25, 0.3) is 0 Å². The molecule has 1 unspecified atom stereocenters. The average Bonchev–Trinajstić information content (AvgIpc) is 2.56. The summed E-state index contributed by atoms with van der Waals surface area (Å²) >= 11 is 0. The van der Waals surface area contributed by atoms with E-state index in [0.29, 0.717) is 6.61 Å². The van der Waals surface area contributed by atoms with Crippen LogP contribution >= 0.6 is 0 Å². The fourth-order valence-corrected chi connectivity index (χ4v) is 1.89. The Morgan fingerprint density at radius 1 is 1.50 bits per heavy atom. The molecule has 0 radical (unpaired) electrons.